The van der Waals surface area contributed by atoms with Gasteiger partial charge in [0.1, 0.15) is 0 Å². The van der Waals surface area contributed by atoms with E-state index in [-0.39, 0.29) is 5.91 Å². The van der Waals surface area contributed by atoms with Gasteiger partial charge < -0.3 is 11.1 Å². The second-order valence-corrected chi connectivity index (χ2v) is 5.70. The third-order valence-corrected chi connectivity index (χ3v) is 4.08. The van der Waals surface area contributed by atoms with Gasteiger partial charge in [0.05, 0.1) is 17.3 Å². The number of halogens is 1. The van der Waals surface area contributed by atoms with Crippen molar-refractivity contribution in [2.45, 2.75) is 33.6 Å². The third-order valence-electron chi connectivity index (χ3n) is 3.75. The molecule has 0 aliphatic heterocycles. The van der Waals surface area contributed by atoms with E-state index in [2.05, 4.69) is 31.0 Å². The molecule has 3 N–H and O–H groups in total. The van der Waals surface area contributed by atoms with Gasteiger partial charge in [-0.1, -0.05) is 45.2 Å². The minimum Gasteiger partial charge on any atom is -0.399 e. The van der Waals surface area contributed by atoms with Crippen LogP contribution in [0.3, 0.4) is 0 Å². The van der Waals surface area contributed by atoms with Crippen LogP contribution in [0.15, 0.2) is 18.2 Å². The Morgan fingerprint density at radius 1 is 1.33 bits per heavy atom. The Morgan fingerprint density at radius 3 is 2.57 bits per heavy atom. The van der Waals surface area contributed by atoms with Gasteiger partial charge in [-0.25, -0.2) is 0 Å². The van der Waals surface area contributed by atoms with Crippen LogP contribution in [0.1, 0.15) is 33.6 Å². The van der Waals surface area contributed by atoms with Crippen LogP contribution in [-0.4, -0.2) is 30.4 Å². The largest absolute Gasteiger partial charge is 0.399 e. The SMILES string of the molecule is CCC(CC)CN(CC)CC(=O)Nc1cc(N)ccc1Cl. The number of carbonyl (C=O) groups excluding carboxylic acids is 1. The zero-order chi connectivity index (χ0) is 15.8. The molecule has 0 radical (unpaired) electrons. The van der Waals surface area contributed by atoms with Crippen LogP contribution in [0.5, 0.6) is 0 Å². The Bertz CT molecular complexity index is 461. The summed E-state index contributed by atoms with van der Waals surface area (Å²) in [7, 11) is 0. The van der Waals surface area contributed by atoms with Crippen molar-refractivity contribution in [3.05, 3.63) is 23.2 Å². The Labute approximate surface area is 132 Å². The smallest absolute Gasteiger partial charge is 0.238 e. The summed E-state index contributed by atoms with van der Waals surface area (Å²) in [6.45, 7) is 8.63. The van der Waals surface area contributed by atoms with Crippen molar-refractivity contribution in [1.29, 1.82) is 0 Å². The molecule has 1 amide bonds. The van der Waals surface area contributed by atoms with Crippen LogP contribution in [0.4, 0.5) is 11.4 Å². The highest BCUT2D eigenvalue weighted by Crippen LogP contribution is 2.24. The van der Waals surface area contributed by atoms with E-state index in [4.69, 9.17) is 17.3 Å². The van der Waals surface area contributed by atoms with Gasteiger partial charge in [-0.2, -0.15) is 0 Å². The lowest BCUT2D eigenvalue weighted by Crippen LogP contribution is -2.36. The fourth-order valence-electron chi connectivity index (χ4n) is 2.25. The highest BCUT2D eigenvalue weighted by molar-refractivity contribution is 6.33. The maximum atomic E-state index is 12.2. The average molecular weight is 312 g/mol. The molecule has 0 spiro atoms. The first kappa shape index (κ1) is 17.8. The van der Waals surface area contributed by atoms with Crippen molar-refractivity contribution in [3.8, 4) is 0 Å². The average Bonchev–Trinajstić information content (AvgIpc) is 2.47. The molecule has 0 aromatic heterocycles. The third kappa shape index (κ3) is 5.94. The monoisotopic (exact) mass is 311 g/mol. The molecule has 0 atom stereocenters. The second kappa shape index (κ2) is 8.90. The van der Waals surface area contributed by atoms with E-state index in [1.54, 1.807) is 18.2 Å². The minimum absolute atomic E-state index is 0.0599. The van der Waals surface area contributed by atoms with Crippen LogP contribution in [0.2, 0.25) is 5.02 Å². The molecule has 0 bridgehead atoms. The highest BCUT2D eigenvalue weighted by Gasteiger charge is 2.14. The quantitative estimate of drug-likeness (QED) is 0.721. The van der Waals surface area contributed by atoms with Crippen LogP contribution in [-0.2, 0) is 4.79 Å². The molecule has 0 saturated carbocycles. The molecule has 118 valence electrons. The Hall–Kier alpha value is -1.26. The van der Waals surface area contributed by atoms with Gasteiger partial charge in [0, 0.05) is 12.2 Å². The number of nitrogens with two attached hydrogens (primary N) is 1. The van der Waals surface area contributed by atoms with Crippen molar-refractivity contribution >= 4 is 28.9 Å². The maximum Gasteiger partial charge on any atom is 0.238 e. The number of hydrogen-bond donors (Lipinski definition) is 2. The number of nitrogen functional groups attached to an aromatic ring is 1. The number of nitrogens with one attached hydrogen (secondary N) is 1. The van der Waals surface area contributed by atoms with E-state index in [9.17, 15) is 4.79 Å². The maximum absolute atomic E-state index is 12.2. The molecule has 1 aromatic rings. The van der Waals surface area contributed by atoms with Gasteiger partial charge in [-0.3, -0.25) is 9.69 Å². The van der Waals surface area contributed by atoms with Crippen molar-refractivity contribution in [2.24, 2.45) is 5.92 Å². The molecule has 5 heteroatoms. The number of benzene rings is 1. The van der Waals surface area contributed by atoms with Crippen LogP contribution in [0, 0.1) is 5.92 Å². The number of likely N-dealkylation sites (N-methyl/N-ethyl adjacent to an activating group) is 1. The number of hydrogen-bond acceptors (Lipinski definition) is 3. The summed E-state index contributed by atoms with van der Waals surface area (Å²) < 4.78 is 0. The summed E-state index contributed by atoms with van der Waals surface area (Å²) >= 11 is 6.06. The van der Waals surface area contributed by atoms with Crippen molar-refractivity contribution in [2.75, 3.05) is 30.7 Å². The normalized spacial score (nSPS) is 11.1. The van der Waals surface area contributed by atoms with Crippen molar-refractivity contribution < 1.29 is 4.79 Å². The van der Waals surface area contributed by atoms with E-state index in [0.717, 1.165) is 25.9 Å². The molecule has 1 aromatic carbocycles. The summed E-state index contributed by atoms with van der Waals surface area (Å²) in [6, 6.07) is 5.08. The van der Waals surface area contributed by atoms with Gasteiger partial charge in [0.15, 0.2) is 0 Å². The van der Waals surface area contributed by atoms with Gasteiger partial charge >= 0.3 is 0 Å². The molecular formula is C16H26ClN3O. The predicted octanol–water partition coefficient (Wildman–Crippen LogP) is 3.62. The van der Waals surface area contributed by atoms with Gasteiger partial charge in [-0.15, -0.1) is 0 Å². The number of rotatable bonds is 8. The zero-order valence-electron chi connectivity index (χ0n) is 13.2. The van der Waals surface area contributed by atoms with E-state index in [1.165, 1.54) is 0 Å². The zero-order valence-corrected chi connectivity index (χ0v) is 13.9. The van der Waals surface area contributed by atoms with Crippen LogP contribution in [0.25, 0.3) is 0 Å². The van der Waals surface area contributed by atoms with Crippen LogP contribution < -0.4 is 11.1 Å². The summed E-state index contributed by atoms with van der Waals surface area (Å²) in [5.74, 6) is 0.573. The fourth-order valence-corrected chi connectivity index (χ4v) is 2.41. The summed E-state index contributed by atoms with van der Waals surface area (Å²) in [6.07, 6.45) is 2.27. The predicted molar refractivity (Wildman–Crippen MR) is 90.7 cm³/mol. The van der Waals surface area contributed by atoms with Gasteiger partial charge in [0.2, 0.25) is 5.91 Å². The van der Waals surface area contributed by atoms with Crippen molar-refractivity contribution in [1.82, 2.24) is 4.90 Å². The molecule has 0 heterocycles. The lowest BCUT2D eigenvalue weighted by Gasteiger charge is -2.24. The summed E-state index contributed by atoms with van der Waals surface area (Å²) in [5.41, 5.74) is 6.86. The first-order valence-corrected chi connectivity index (χ1v) is 7.95. The number of amides is 1. The molecule has 0 aliphatic rings. The molecule has 4 nitrogen and oxygen atoms in total. The standard InChI is InChI=1S/C16H26ClN3O/c1-4-12(5-2)10-20(6-3)11-16(21)19-15-9-13(18)7-8-14(15)17/h7-9,12H,4-6,10-11,18H2,1-3H3,(H,19,21). The van der Waals surface area contributed by atoms with Crippen LogP contribution >= 0.6 is 11.6 Å². The molecule has 0 saturated heterocycles. The Morgan fingerprint density at radius 2 is 2.00 bits per heavy atom. The van der Waals surface area contributed by atoms with E-state index >= 15 is 0 Å². The topological polar surface area (TPSA) is 58.4 Å². The van der Waals surface area contributed by atoms with Crippen molar-refractivity contribution in [3.63, 3.8) is 0 Å². The second-order valence-electron chi connectivity index (χ2n) is 5.30. The molecule has 1 rings (SSSR count). The number of carbonyl (C=O) groups is 1. The first-order chi connectivity index (χ1) is 9.99. The van der Waals surface area contributed by atoms with E-state index in [1.807, 2.05) is 0 Å². The first-order valence-electron chi connectivity index (χ1n) is 7.57. The molecular weight excluding hydrogens is 286 g/mol. The molecule has 0 fully saturated rings. The minimum atomic E-state index is -0.0599. The lowest BCUT2D eigenvalue weighted by molar-refractivity contribution is -0.117. The van der Waals surface area contributed by atoms with E-state index < -0.39 is 0 Å². The molecule has 0 unspecified atom stereocenters. The van der Waals surface area contributed by atoms with E-state index in [0.29, 0.717) is 28.9 Å². The number of nitrogens with zero attached hydrogens (tertiary/aromatic N) is 1. The summed E-state index contributed by atoms with van der Waals surface area (Å²) in [4.78, 5) is 14.3. The summed E-state index contributed by atoms with van der Waals surface area (Å²) in [5, 5.41) is 3.33. The number of anilines is 2. The van der Waals surface area contributed by atoms with Gasteiger partial charge in [-0.05, 0) is 30.7 Å². The Kier molecular flexibility index (Phi) is 7.54. The fraction of sp³-hybridized carbons (Fsp3) is 0.562. The van der Waals surface area contributed by atoms with Gasteiger partial charge in [0.25, 0.3) is 0 Å². The molecule has 0 aliphatic carbocycles. The highest BCUT2D eigenvalue weighted by atomic mass is 35.5. The lowest BCUT2D eigenvalue weighted by atomic mass is 10.0. The molecule has 21 heavy (non-hydrogen) atoms. The Balaban J connectivity index is 2.60.